The van der Waals surface area contributed by atoms with Gasteiger partial charge in [-0.1, -0.05) is 30.3 Å². The highest BCUT2D eigenvalue weighted by Crippen LogP contribution is 2.20. The van der Waals surface area contributed by atoms with Gasteiger partial charge >= 0.3 is 5.69 Å². The van der Waals surface area contributed by atoms with Crippen LogP contribution in [0.15, 0.2) is 64.2 Å². The number of nitrogens with one attached hydrogen (secondary N) is 1. The van der Waals surface area contributed by atoms with Crippen LogP contribution in [0.5, 0.6) is 5.75 Å². The van der Waals surface area contributed by atoms with Gasteiger partial charge in [-0.25, -0.2) is 4.79 Å². The molecule has 0 spiro atoms. The molecular formula is C20H20N4O4. The molecule has 28 heavy (non-hydrogen) atoms. The number of hydrogen-bond donors (Lipinski definition) is 2. The number of H-pyrrole nitrogens is 1. The van der Waals surface area contributed by atoms with Crippen molar-refractivity contribution in [3.8, 4) is 5.75 Å². The first-order chi connectivity index (χ1) is 13.4. The Kier molecular flexibility index (Phi) is 5.30. The van der Waals surface area contributed by atoms with E-state index in [2.05, 4.69) is 4.98 Å². The largest absolute Gasteiger partial charge is 0.497 e. The molecule has 2 aromatic carbocycles. The summed E-state index contributed by atoms with van der Waals surface area (Å²) in [6, 6.07) is 15.7. The van der Waals surface area contributed by atoms with Gasteiger partial charge in [0.25, 0.3) is 11.5 Å². The molecule has 0 aliphatic heterocycles. The Bertz CT molecular complexity index is 1100. The minimum atomic E-state index is -0.726. The van der Waals surface area contributed by atoms with Gasteiger partial charge < -0.3 is 15.4 Å². The van der Waals surface area contributed by atoms with Crippen molar-refractivity contribution in [2.24, 2.45) is 0 Å². The Morgan fingerprint density at radius 1 is 1.11 bits per heavy atom. The molecule has 0 radical (unpaired) electrons. The number of amides is 1. The van der Waals surface area contributed by atoms with Crippen molar-refractivity contribution in [3.05, 3.63) is 86.6 Å². The maximum atomic E-state index is 12.8. The number of anilines is 2. The summed E-state index contributed by atoms with van der Waals surface area (Å²) in [4.78, 5) is 40.8. The van der Waals surface area contributed by atoms with E-state index in [1.54, 1.807) is 24.3 Å². The predicted molar refractivity (Wildman–Crippen MR) is 107 cm³/mol. The van der Waals surface area contributed by atoms with Crippen LogP contribution in [0, 0.1) is 0 Å². The minimum absolute atomic E-state index is 0.0815. The smallest absolute Gasteiger partial charge is 0.330 e. The van der Waals surface area contributed by atoms with Gasteiger partial charge in [0, 0.05) is 12.6 Å². The van der Waals surface area contributed by atoms with E-state index in [0.717, 1.165) is 10.5 Å². The number of methoxy groups -OCH3 is 1. The molecule has 0 saturated carbocycles. The molecule has 0 fully saturated rings. The molecule has 0 aliphatic rings. The summed E-state index contributed by atoms with van der Waals surface area (Å²) in [5, 5.41) is 0. The van der Waals surface area contributed by atoms with Crippen molar-refractivity contribution < 1.29 is 9.53 Å². The Morgan fingerprint density at radius 2 is 1.75 bits per heavy atom. The lowest BCUT2D eigenvalue weighted by atomic mass is 10.2. The number of ether oxygens (including phenoxy) is 1. The lowest BCUT2D eigenvalue weighted by molar-refractivity contribution is 0.0992. The summed E-state index contributed by atoms with van der Waals surface area (Å²) in [7, 11) is 2.96. The highest BCUT2D eigenvalue weighted by atomic mass is 16.5. The molecule has 1 heterocycles. The molecule has 0 unspecified atom stereocenters. The lowest BCUT2D eigenvalue weighted by Gasteiger charge is -2.20. The van der Waals surface area contributed by atoms with Gasteiger partial charge in [-0.2, -0.15) is 0 Å². The van der Waals surface area contributed by atoms with Crippen LogP contribution in [0.1, 0.15) is 15.9 Å². The van der Waals surface area contributed by atoms with E-state index in [1.165, 1.54) is 18.7 Å². The first-order valence-corrected chi connectivity index (χ1v) is 8.51. The number of aromatic amines is 1. The number of nitrogens with two attached hydrogens (primary N) is 1. The molecule has 0 aliphatic carbocycles. The predicted octanol–water partition coefficient (Wildman–Crippen LogP) is 1.45. The standard InChI is InChI=1S/C20H20N4O4/c1-23(19(26)14-8-10-15(28-2)11-9-14)16-17(21)24(20(27)22-18(16)25)12-13-6-4-3-5-7-13/h3-11H,12,21H2,1-2H3,(H,22,25,27). The van der Waals surface area contributed by atoms with Gasteiger partial charge in [-0.3, -0.25) is 19.1 Å². The third-order valence-corrected chi connectivity index (χ3v) is 4.37. The summed E-state index contributed by atoms with van der Waals surface area (Å²) in [5.41, 5.74) is 5.86. The van der Waals surface area contributed by atoms with Crippen LogP contribution in [-0.4, -0.2) is 29.6 Å². The Labute approximate surface area is 160 Å². The van der Waals surface area contributed by atoms with E-state index in [0.29, 0.717) is 11.3 Å². The van der Waals surface area contributed by atoms with Crippen LogP contribution in [-0.2, 0) is 6.54 Å². The second-order valence-electron chi connectivity index (χ2n) is 6.16. The molecule has 1 aromatic heterocycles. The zero-order valence-electron chi connectivity index (χ0n) is 15.5. The van der Waals surface area contributed by atoms with Crippen molar-refractivity contribution in [1.29, 1.82) is 0 Å². The second-order valence-corrected chi connectivity index (χ2v) is 6.16. The van der Waals surface area contributed by atoms with Crippen LogP contribution >= 0.6 is 0 Å². The molecule has 0 atom stereocenters. The number of carbonyl (C=O) groups excluding carboxylic acids is 1. The molecule has 3 rings (SSSR count). The summed E-state index contributed by atoms with van der Waals surface area (Å²) in [5.74, 6) is 0.0831. The molecule has 8 heteroatoms. The van der Waals surface area contributed by atoms with Crippen molar-refractivity contribution in [2.45, 2.75) is 6.54 Å². The highest BCUT2D eigenvalue weighted by molar-refractivity contribution is 6.06. The minimum Gasteiger partial charge on any atom is -0.497 e. The topological polar surface area (TPSA) is 110 Å². The fourth-order valence-corrected chi connectivity index (χ4v) is 2.85. The molecule has 0 saturated heterocycles. The van der Waals surface area contributed by atoms with Crippen LogP contribution in [0.4, 0.5) is 11.5 Å². The van der Waals surface area contributed by atoms with Crippen LogP contribution in [0.25, 0.3) is 0 Å². The van der Waals surface area contributed by atoms with Crippen molar-refractivity contribution in [1.82, 2.24) is 9.55 Å². The van der Waals surface area contributed by atoms with E-state index >= 15 is 0 Å². The number of hydrogen-bond acceptors (Lipinski definition) is 5. The van der Waals surface area contributed by atoms with Gasteiger partial charge in [0.1, 0.15) is 11.6 Å². The molecule has 3 N–H and O–H groups in total. The first-order valence-electron chi connectivity index (χ1n) is 8.51. The van der Waals surface area contributed by atoms with Crippen LogP contribution < -0.4 is 26.6 Å². The maximum Gasteiger partial charge on any atom is 0.330 e. The number of nitrogen functional groups attached to an aromatic ring is 1. The zero-order chi connectivity index (χ0) is 20.3. The average molecular weight is 380 g/mol. The van der Waals surface area contributed by atoms with E-state index in [9.17, 15) is 14.4 Å². The maximum absolute atomic E-state index is 12.8. The van der Waals surface area contributed by atoms with Gasteiger partial charge in [0.05, 0.1) is 13.7 Å². The third kappa shape index (κ3) is 3.66. The normalized spacial score (nSPS) is 10.5. The summed E-state index contributed by atoms with van der Waals surface area (Å²) in [6.45, 7) is 0.167. The Balaban J connectivity index is 2.00. The number of benzene rings is 2. The summed E-state index contributed by atoms with van der Waals surface area (Å²) >= 11 is 0. The van der Waals surface area contributed by atoms with Crippen LogP contribution in [0.2, 0.25) is 0 Å². The van der Waals surface area contributed by atoms with E-state index in [-0.39, 0.29) is 18.1 Å². The molecular weight excluding hydrogens is 360 g/mol. The van der Waals surface area contributed by atoms with Gasteiger partial charge in [-0.05, 0) is 29.8 Å². The number of rotatable bonds is 5. The average Bonchev–Trinajstić information content (AvgIpc) is 2.71. The van der Waals surface area contributed by atoms with Gasteiger partial charge in [0.2, 0.25) is 0 Å². The zero-order valence-corrected chi connectivity index (χ0v) is 15.5. The fourth-order valence-electron chi connectivity index (χ4n) is 2.85. The molecule has 1 amide bonds. The first kappa shape index (κ1) is 19.0. The van der Waals surface area contributed by atoms with Crippen molar-refractivity contribution >= 4 is 17.4 Å². The Morgan fingerprint density at radius 3 is 2.36 bits per heavy atom. The summed E-state index contributed by atoms with van der Waals surface area (Å²) < 4.78 is 6.31. The third-order valence-electron chi connectivity index (χ3n) is 4.37. The quantitative estimate of drug-likeness (QED) is 0.696. The summed E-state index contributed by atoms with van der Waals surface area (Å²) in [6.07, 6.45) is 0. The Hall–Kier alpha value is -3.81. The number of aromatic nitrogens is 2. The van der Waals surface area contributed by atoms with Gasteiger partial charge in [-0.15, -0.1) is 0 Å². The highest BCUT2D eigenvalue weighted by Gasteiger charge is 2.22. The van der Waals surface area contributed by atoms with E-state index in [4.69, 9.17) is 10.5 Å². The molecule has 3 aromatic rings. The fraction of sp³-hybridized carbons (Fsp3) is 0.150. The number of carbonyl (C=O) groups is 1. The number of nitrogens with zero attached hydrogens (tertiary/aromatic N) is 2. The monoisotopic (exact) mass is 380 g/mol. The van der Waals surface area contributed by atoms with Crippen LogP contribution in [0.3, 0.4) is 0 Å². The SMILES string of the molecule is COc1ccc(C(=O)N(C)c2c(N)n(Cc3ccccc3)c(=O)[nH]c2=O)cc1. The van der Waals surface area contributed by atoms with E-state index in [1.807, 2.05) is 30.3 Å². The van der Waals surface area contributed by atoms with Crippen molar-refractivity contribution in [2.75, 3.05) is 24.8 Å². The van der Waals surface area contributed by atoms with Crippen molar-refractivity contribution in [3.63, 3.8) is 0 Å². The molecule has 8 nitrogen and oxygen atoms in total. The second kappa shape index (κ2) is 7.83. The molecule has 0 bridgehead atoms. The molecule has 144 valence electrons. The van der Waals surface area contributed by atoms with E-state index < -0.39 is 17.2 Å². The lowest BCUT2D eigenvalue weighted by Crippen LogP contribution is -2.39. The van der Waals surface area contributed by atoms with Gasteiger partial charge in [0.15, 0.2) is 5.69 Å².